The third kappa shape index (κ3) is 6.63. The Balaban J connectivity index is 1.78. The lowest BCUT2D eigenvalue weighted by Gasteiger charge is -2.19. The Morgan fingerprint density at radius 3 is 2.52 bits per heavy atom. The van der Waals surface area contributed by atoms with Crippen molar-refractivity contribution in [3.63, 3.8) is 0 Å². The predicted molar refractivity (Wildman–Crippen MR) is 110 cm³/mol. The minimum atomic E-state index is -0.895. The maximum Gasteiger partial charge on any atom is 0.191 e. The van der Waals surface area contributed by atoms with Crippen LogP contribution in [-0.2, 0) is 16.6 Å². The smallest absolute Gasteiger partial charge is 0.191 e. The van der Waals surface area contributed by atoms with Gasteiger partial charge in [-0.2, -0.15) is 0 Å². The number of benzene rings is 2. The van der Waals surface area contributed by atoms with Gasteiger partial charge in [0.25, 0.3) is 0 Å². The van der Waals surface area contributed by atoms with E-state index in [0.29, 0.717) is 24.0 Å². The van der Waals surface area contributed by atoms with E-state index >= 15 is 0 Å². The molecular weight excluding hydrogens is 398 g/mol. The fraction of sp³-hybridized carbons (Fsp3) is 0.316. The van der Waals surface area contributed by atoms with Crippen LogP contribution in [0.3, 0.4) is 0 Å². The summed E-state index contributed by atoms with van der Waals surface area (Å²) in [4.78, 5) is 4.24. The maximum atomic E-state index is 12.2. The molecule has 0 fully saturated rings. The van der Waals surface area contributed by atoms with E-state index in [1.165, 1.54) is 0 Å². The van der Waals surface area contributed by atoms with Gasteiger partial charge in [0.05, 0.1) is 6.04 Å². The molecule has 25 heavy (non-hydrogen) atoms. The number of nitrogens with zero attached hydrogens (tertiary/aromatic N) is 1. The lowest BCUT2D eigenvalue weighted by Crippen LogP contribution is -2.40. The summed E-state index contributed by atoms with van der Waals surface area (Å²) in [7, 11) is 0.845. The first-order valence-electron chi connectivity index (χ1n) is 8.20. The number of aliphatic imine (C=N–C) groups is 1. The molecule has 0 aliphatic heterocycles. The molecule has 6 heteroatoms. The highest BCUT2D eigenvalue weighted by atomic mass is 79.9. The summed E-state index contributed by atoms with van der Waals surface area (Å²) >= 11 is 3.57. The van der Waals surface area contributed by atoms with Gasteiger partial charge in [0.1, 0.15) is 0 Å². The molecule has 0 spiro atoms. The summed E-state index contributed by atoms with van der Waals surface area (Å²) in [6.07, 6.45) is 0. The van der Waals surface area contributed by atoms with Crippen molar-refractivity contribution in [1.29, 1.82) is 0 Å². The summed E-state index contributed by atoms with van der Waals surface area (Å²) in [6.45, 7) is 2.70. The molecule has 0 heterocycles. The van der Waals surface area contributed by atoms with Gasteiger partial charge in [-0.05, 0) is 24.1 Å². The molecule has 2 rings (SSSR count). The number of guanidine groups is 1. The van der Waals surface area contributed by atoms with Gasteiger partial charge >= 0.3 is 0 Å². The molecule has 4 nitrogen and oxygen atoms in total. The van der Waals surface area contributed by atoms with Gasteiger partial charge in [-0.3, -0.25) is 9.20 Å². The highest BCUT2D eigenvalue weighted by Crippen LogP contribution is 2.22. The molecule has 0 saturated carbocycles. The Hall–Kier alpha value is -1.66. The van der Waals surface area contributed by atoms with Gasteiger partial charge in [-0.1, -0.05) is 64.5 Å². The SMILES string of the molecule is CN=C(NCCS(=O)Cc1ccccc1)NC(C)c1ccccc1Br. The first kappa shape index (κ1) is 19.7. The Kier molecular flexibility index (Phi) is 8.15. The minimum Gasteiger partial charge on any atom is -0.355 e. The van der Waals surface area contributed by atoms with Gasteiger partial charge < -0.3 is 10.6 Å². The van der Waals surface area contributed by atoms with E-state index in [9.17, 15) is 4.21 Å². The first-order valence-corrected chi connectivity index (χ1v) is 10.5. The fourth-order valence-electron chi connectivity index (χ4n) is 2.42. The van der Waals surface area contributed by atoms with Crippen molar-refractivity contribution in [2.24, 2.45) is 4.99 Å². The van der Waals surface area contributed by atoms with E-state index in [1.54, 1.807) is 7.05 Å². The third-order valence-corrected chi connectivity index (χ3v) is 5.78. The van der Waals surface area contributed by atoms with Crippen molar-refractivity contribution in [1.82, 2.24) is 10.6 Å². The van der Waals surface area contributed by atoms with Gasteiger partial charge in [0.15, 0.2) is 5.96 Å². The number of rotatable bonds is 7. The summed E-state index contributed by atoms with van der Waals surface area (Å²) < 4.78 is 13.2. The number of hydrogen-bond acceptors (Lipinski definition) is 2. The van der Waals surface area contributed by atoms with Gasteiger partial charge in [-0.25, -0.2) is 0 Å². The zero-order valence-corrected chi connectivity index (χ0v) is 16.9. The topological polar surface area (TPSA) is 53.5 Å². The van der Waals surface area contributed by atoms with Crippen LogP contribution in [0.25, 0.3) is 0 Å². The number of nitrogens with one attached hydrogen (secondary N) is 2. The number of hydrogen-bond donors (Lipinski definition) is 2. The van der Waals surface area contributed by atoms with Crippen molar-refractivity contribution in [2.45, 2.75) is 18.7 Å². The van der Waals surface area contributed by atoms with E-state index in [1.807, 2.05) is 48.5 Å². The van der Waals surface area contributed by atoms with Crippen molar-refractivity contribution < 1.29 is 4.21 Å². The fourth-order valence-corrected chi connectivity index (χ4v) is 4.09. The molecule has 134 valence electrons. The molecule has 0 aliphatic carbocycles. The Labute approximate surface area is 160 Å². The molecule has 2 aromatic rings. The van der Waals surface area contributed by atoms with Crippen LogP contribution >= 0.6 is 15.9 Å². The van der Waals surface area contributed by atoms with Crippen LogP contribution < -0.4 is 10.6 Å². The number of halogens is 1. The van der Waals surface area contributed by atoms with Crippen molar-refractivity contribution in [3.05, 3.63) is 70.2 Å². The molecule has 0 bridgehead atoms. The largest absolute Gasteiger partial charge is 0.355 e. The second-order valence-electron chi connectivity index (χ2n) is 5.66. The molecule has 2 aromatic carbocycles. The summed E-state index contributed by atoms with van der Waals surface area (Å²) in [6, 6.07) is 18.1. The Bertz CT molecular complexity index is 722. The van der Waals surface area contributed by atoms with Crippen LogP contribution in [-0.4, -0.2) is 29.5 Å². The zero-order chi connectivity index (χ0) is 18.1. The quantitative estimate of drug-likeness (QED) is 0.530. The molecule has 2 atom stereocenters. The average Bonchev–Trinajstić information content (AvgIpc) is 2.62. The standard InChI is InChI=1S/C19H24BrN3OS/c1-15(17-10-6-7-11-18(17)20)23-19(21-2)22-12-13-25(24)14-16-8-4-3-5-9-16/h3-11,15H,12-14H2,1-2H3,(H2,21,22,23). The monoisotopic (exact) mass is 421 g/mol. The highest BCUT2D eigenvalue weighted by molar-refractivity contribution is 9.10. The summed E-state index contributed by atoms with van der Waals surface area (Å²) in [5.74, 6) is 1.88. The molecule has 2 N–H and O–H groups in total. The lowest BCUT2D eigenvalue weighted by atomic mass is 10.1. The van der Waals surface area contributed by atoms with Crippen LogP contribution in [0.4, 0.5) is 0 Å². The second-order valence-corrected chi connectivity index (χ2v) is 8.09. The van der Waals surface area contributed by atoms with E-state index in [-0.39, 0.29) is 6.04 Å². The second kappa shape index (κ2) is 10.4. The molecule has 0 amide bonds. The average molecular weight is 422 g/mol. The first-order chi connectivity index (χ1) is 12.1. The molecular formula is C19H24BrN3OS. The van der Waals surface area contributed by atoms with Crippen LogP contribution in [0.2, 0.25) is 0 Å². The Morgan fingerprint density at radius 2 is 1.84 bits per heavy atom. The summed E-state index contributed by atoms with van der Waals surface area (Å²) in [5, 5.41) is 6.59. The molecule has 0 aromatic heterocycles. The van der Waals surface area contributed by atoms with Gasteiger partial charge in [0.2, 0.25) is 0 Å². The van der Waals surface area contributed by atoms with Crippen molar-refractivity contribution in [3.8, 4) is 0 Å². The highest BCUT2D eigenvalue weighted by Gasteiger charge is 2.10. The van der Waals surface area contributed by atoms with E-state index < -0.39 is 10.8 Å². The maximum absolute atomic E-state index is 12.2. The third-order valence-electron chi connectivity index (χ3n) is 3.74. The van der Waals surface area contributed by atoms with E-state index in [0.717, 1.165) is 15.6 Å². The predicted octanol–water partition coefficient (Wildman–Crippen LogP) is 3.62. The molecule has 0 radical (unpaired) electrons. The van der Waals surface area contributed by atoms with Gasteiger partial charge in [-0.15, -0.1) is 0 Å². The van der Waals surface area contributed by atoms with E-state index in [4.69, 9.17) is 0 Å². The molecule has 0 saturated heterocycles. The van der Waals surface area contributed by atoms with Crippen LogP contribution in [0, 0.1) is 0 Å². The van der Waals surface area contributed by atoms with Crippen LogP contribution in [0.5, 0.6) is 0 Å². The zero-order valence-electron chi connectivity index (χ0n) is 14.5. The lowest BCUT2D eigenvalue weighted by molar-refractivity contribution is 0.675. The van der Waals surface area contributed by atoms with E-state index in [2.05, 4.69) is 44.5 Å². The van der Waals surface area contributed by atoms with Gasteiger partial charge in [0, 0.05) is 40.4 Å². The minimum absolute atomic E-state index is 0.108. The van der Waals surface area contributed by atoms with Crippen molar-refractivity contribution in [2.75, 3.05) is 19.3 Å². The van der Waals surface area contributed by atoms with Crippen LogP contribution in [0.15, 0.2) is 64.1 Å². The normalized spacial score (nSPS) is 14.0. The van der Waals surface area contributed by atoms with Crippen molar-refractivity contribution >= 4 is 32.7 Å². The molecule has 2 unspecified atom stereocenters. The van der Waals surface area contributed by atoms with Crippen LogP contribution in [0.1, 0.15) is 24.1 Å². The summed E-state index contributed by atoms with van der Waals surface area (Å²) in [5.41, 5.74) is 2.27. The Morgan fingerprint density at radius 1 is 1.16 bits per heavy atom. The molecule has 0 aliphatic rings.